The van der Waals surface area contributed by atoms with Gasteiger partial charge in [-0.25, -0.2) is 0 Å². The van der Waals surface area contributed by atoms with Crippen molar-refractivity contribution < 1.29 is 9.26 Å². The minimum Gasteiger partial charge on any atom is -0.497 e. The van der Waals surface area contributed by atoms with Crippen LogP contribution in [0, 0.1) is 0 Å². The highest BCUT2D eigenvalue weighted by molar-refractivity contribution is 5.54. The summed E-state index contributed by atoms with van der Waals surface area (Å²) in [6.07, 6.45) is 2.28. The summed E-state index contributed by atoms with van der Waals surface area (Å²) in [5.74, 6) is 2.56. The van der Waals surface area contributed by atoms with Gasteiger partial charge in [-0.3, -0.25) is 0 Å². The molecule has 0 spiro atoms. The van der Waals surface area contributed by atoms with Crippen molar-refractivity contribution in [1.82, 2.24) is 15.5 Å². The van der Waals surface area contributed by atoms with Gasteiger partial charge in [0.05, 0.1) is 7.11 Å². The Morgan fingerprint density at radius 1 is 1.32 bits per heavy atom. The summed E-state index contributed by atoms with van der Waals surface area (Å²) in [5, 5.41) is 7.46. The van der Waals surface area contributed by atoms with Crippen LogP contribution in [0.4, 0.5) is 0 Å². The fraction of sp³-hybridized carbons (Fsp3) is 0.429. The van der Waals surface area contributed by atoms with Gasteiger partial charge in [-0.1, -0.05) is 5.16 Å². The van der Waals surface area contributed by atoms with Crippen LogP contribution >= 0.6 is 0 Å². The normalized spacial score (nSPS) is 19.3. The van der Waals surface area contributed by atoms with Crippen LogP contribution in [0.15, 0.2) is 28.8 Å². The van der Waals surface area contributed by atoms with E-state index in [1.54, 1.807) is 7.11 Å². The highest BCUT2D eigenvalue weighted by Crippen LogP contribution is 2.25. The number of nitrogens with zero attached hydrogens (tertiary/aromatic N) is 2. The van der Waals surface area contributed by atoms with E-state index < -0.39 is 0 Å². The van der Waals surface area contributed by atoms with Crippen molar-refractivity contribution in [3.63, 3.8) is 0 Å². The van der Waals surface area contributed by atoms with Crippen LogP contribution in [-0.2, 0) is 0 Å². The second-order valence-corrected chi connectivity index (χ2v) is 4.73. The lowest BCUT2D eigenvalue weighted by atomic mass is 9.99. The topological polar surface area (TPSA) is 60.2 Å². The minimum atomic E-state index is 0.365. The van der Waals surface area contributed by atoms with E-state index in [-0.39, 0.29) is 0 Å². The van der Waals surface area contributed by atoms with Crippen LogP contribution in [0.25, 0.3) is 11.5 Å². The van der Waals surface area contributed by atoms with Gasteiger partial charge < -0.3 is 14.6 Å². The molecule has 3 rings (SSSR count). The van der Waals surface area contributed by atoms with Crippen molar-refractivity contribution in [3.8, 4) is 17.2 Å². The maximum Gasteiger partial charge on any atom is 0.257 e. The van der Waals surface area contributed by atoms with Gasteiger partial charge >= 0.3 is 0 Å². The number of aromatic nitrogens is 2. The van der Waals surface area contributed by atoms with Gasteiger partial charge in [0.25, 0.3) is 5.89 Å². The quantitative estimate of drug-likeness (QED) is 0.915. The maximum absolute atomic E-state index is 5.35. The summed E-state index contributed by atoms with van der Waals surface area (Å²) >= 11 is 0. The molecule has 0 unspecified atom stereocenters. The van der Waals surface area contributed by atoms with Crippen molar-refractivity contribution in [3.05, 3.63) is 30.1 Å². The van der Waals surface area contributed by atoms with E-state index >= 15 is 0 Å². The number of methoxy groups -OCH3 is 1. The lowest BCUT2D eigenvalue weighted by Crippen LogP contribution is -2.28. The zero-order valence-corrected chi connectivity index (χ0v) is 10.9. The number of rotatable bonds is 3. The monoisotopic (exact) mass is 259 g/mol. The average Bonchev–Trinajstić information content (AvgIpc) is 2.98. The van der Waals surface area contributed by atoms with Crippen LogP contribution in [0.5, 0.6) is 5.75 Å². The molecule has 1 aromatic heterocycles. The third-order valence-electron chi connectivity index (χ3n) is 3.44. The Hall–Kier alpha value is -1.88. The molecule has 1 aliphatic rings. The van der Waals surface area contributed by atoms with Crippen molar-refractivity contribution >= 4 is 0 Å². The van der Waals surface area contributed by atoms with Crippen molar-refractivity contribution in [2.75, 3.05) is 20.2 Å². The first-order valence-corrected chi connectivity index (χ1v) is 6.55. The molecule has 1 N–H and O–H groups in total. The smallest absolute Gasteiger partial charge is 0.257 e. The van der Waals surface area contributed by atoms with Gasteiger partial charge in [0, 0.05) is 18.0 Å². The second-order valence-electron chi connectivity index (χ2n) is 4.73. The summed E-state index contributed by atoms with van der Waals surface area (Å²) in [7, 11) is 1.65. The fourth-order valence-electron chi connectivity index (χ4n) is 2.32. The number of hydrogen-bond acceptors (Lipinski definition) is 5. The Labute approximate surface area is 112 Å². The number of piperidine rings is 1. The summed E-state index contributed by atoms with van der Waals surface area (Å²) < 4.78 is 10.5. The highest BCUT2D eigenvalue weighted by atomic mass is 16.5. The Morgan fingerprint density at radius 2 is 2.16 bits per heavy atom. The van der Waals surface area contributed by atoms with Gasteiger partial charge in [-0.05, 0) is 43.7 Å². The molecule has 100 valence electrons. The lowest BCUT2D eigenvalue weighted by Gasteiger charge is -2.19. The first kappa shape index (κ1) is 12.2. The molecule has 0 radical (unpaired) electrons. The lowest BCUT2D eigenvalue weighted by molar-refractivity contribution is 0.393. The van der Waals surface area contributed by atoms with Crippen LogP contribution in [-0.4, -0.2) is 30.3 Å². The van der Waals surface area contributed by atoms with Crippen molar-refractivity contribution in [2.45, 2.75) is 18.8 Å². The Kier molecular flexibility index (Phi) is 3.46. The molecule has 19 heavy (non-hydrogen) atoms. The van der Waals surface area contributed by atoms with E-state index in [0.717, 1.165) is 43.1 Å². The molecule has 5 nitrogen and oxygen atoms in total. The zero-order chi connectivity index (χ0) is 13.1. The number of nitrogens with one attached hydrogen (secondary N) is 1. The van der Waals surface area contributed by atoms with Gasteiger partial charge in [-0.2, -0.15) is 4.98 Å². The molecule has 0 saturated carbocycles. The van der Waals surface area contributed by atoms with E-state index in [1.807, 2.05) is 24.3 Å². The number of ether oxygens (including phenoxy) is 1. The predicted octanol–water partition coefficient (Wildman–Crippen LogP) is 2.21. The number of benzene rings is 1. The molecule has 1 aliphatic heterocycles. The fourth-order valence-corrected chi connectivity index (χ4v) is 2.32. The van der Waals surface area contributed by atoms with Crippen LogP contribution in [0.3, 0.4) is 0 Å². The Bertz CT molecular complexity index is 530. The standard InChI is InChI=1S/C14H17N3O2/c1-18-12-6-4-10(5-7-12)14-16-13(17-19-14)11-3-2-8-15-9-11/h4-7,11,15H,2-3,8-9H2,1H3/t11-/m1/s1. The molecule has 0 aliphatic carbocycles. The summed E-state index contributed by atoms with van der Waals surface area (Å²) in [6, 6.07) is 7.63. The number of hydrogen-bond donors (Lipinski definition) is 1. The second kappa shape index (κ2) is 5.40. The molecule has 2 heterocycles. The summed E-state index contributed by atoms with van der Waals surface area (Å²) in [4.78, 5) is 4.50. The van der Waals surface area contributed by atoms with E-state index in [0.29, 0.717) is 11.8 Å². The molecule has 1 aromatic carbocycles. The molecular formula is C14H17N3O2. The van der Waals surface area contributed by atoms with Crippen molar-refractivity contribution in [2.24, 2.45) is 0 Å². The van der Waals surface area contributed by atoms with Gasteiger partial charge in [0.15, 0.2) is 5.82 Å². The van der Waals surface area contributed by atoms with Crippen LogP contribution < -0.4 is 10.1 Å². The first-order valence-electron chi connectivity index (χ1n) is 6.55. The van der Waals surface area contributed by atoms with E-state index in [4.69, 9.17) is 9.26 Å². The molecule has 1 atom stereocenters. The molecule has 5 heteroatoms. The largest absolute Gasteiger partial charge is 0.497 e. The summed E-state index contributed by atoms with van der Waals surface area (Å²) in [6.45, 7) is 2.02. The van der Waals surface area contributed by atoms with Crippen LogP contribution in [0.1, 0.15) is 24.6 Å². The van der Waals surface area contributed by atoms with Gasteiger partial charge in [-0.15, -0.1) is 0 Å². The zero-order valence-electron chi connectivity index (χ0n) is 10.9. The molecule has 1 saturated heterocycles. The first-order chi connectivity index (χ1) is 9.36. The molecule has 1 fully saturated rings. The average molecular weight is 259 g/mol. The van der Waals surface area contributed by atoms with Gasteiger partial charge in [0.1, 0.15) is 5.75 Å². The van der Waals surface area contributed by atoms with E-state index in [2.05, 4.69) is 15.5 Å². The molecule has 0 amide bonds. The van der Waals surface area contributed by atoms with E-state index in [1.165, 1.54) is 0 Å². The van der Waals surface area contributed by atoms with E-state index in [9.17, 15) is 0 Å². The third-order valence-corrected chi connectivity index (χ3v) is 3.44. The minimum absolute atomic E-state index is 0.365. The van der Waals surface area contributed by atoms with Gasteiger partial charge in [0.2, 0.25) is 0 Å². The Balaban J connectivity index is 1.79. The van der Waals surface area contributed by atoms with Crippen molar-refractivity contribution in [1.29, 1.82) is 0 Å². The Morgan fingerprint density at radius 3 is 2.84 bits per heavy atom. The summed E-state index contributed by atoms with van der Waals surface area (Å²) in [5.41, 5.74) is 0.920. The highest BCUT2D eigenvalue weighted by Gasteiger charge is 2.21. The third kappa shape index (κ3) is 2.61. The molecule has 0 bridgehead atoms. The molecular weight excluding hydrogens is 242 g/mol. The predicted molar refractivity (Wildman–Crippen MR) is 71.1 cm³/mol. The maximum atomic E-state index is 5.35. The van der Waals surface area contributed by atoms with Crippen LogP contribution in [0.2, 0.25) is 0 Å². The SMILES string of the molecule is COc1ccc(-c2nc([C@@H]3CCCNC3)no2)cc1. The molecule has 2 aromatic rings.